The summed E-state index contributed by atoms with van der Waals surface area (Å²) in [6.07, 6.45) is 0. The Kier molecular flexibility index (Phi) is 3.19. The van der Waals surface area contributed by atoms with Crippen molar-refractivity contribution in [2.45, 2.75) is 13.0 Å². The van der Waals surface area contributed by atoms with Gasteiger partial charge in [0.1, 0.15) is 0 Å². The molecule has 0 bridgehead atoms. The molecule has 0 aromatic carbocycles. The molecule has 0 aliphatic rings. The van der Waals surface area contributed by atoms with Gasteiger partial charge in [0.2, 0.25) is 0 Å². The van der Waals surface area contributed by atoms with E-state index in [2.05, 4.69) is 5.43 Å². The number of hydrogen-bond acceptors (Lipinski definition) is 3. The van der Waals surface area contributed by atoms with E-state index >= 15 is 0 Å². The summed E-state index contributed by atoms with van der Waals surface area (Å²) >= 11 is 0. The first-order chi connectivity index (χ1) is 4.09. The summed E-state index contributed by atoms with van der Waals surface area (Å²) < 4.78 is 0. The Hall–Kier alpha value is -0.610. The molecular formula is C5H13N3O. The topological polar surface area (TPSA) is 58.4 Å². The summed E-state index contributed by atoms with van der Waals surface area (Å²) in [6, 6.07) is -0.157. The summed E-state index contributed by atoms with van der Waals surface area (Å²) in [4.78, 5) is 12.5. The van der Waals surface area contributed by atoms with E-state index in [1.807, 2.05) is 14.1 Å². The smallest absolute Gasteiger partial charge is 0.250 e. The minimum absolute atomic E-state index is 0.157. The highest BCUT2D eigenvalue weighted by molar-refractivity contribution is 5.80. The number of hydrazine groups is 1. The standard InChI is InChI=1S/C5H13N3O/c1-4(8(2)3)5(9)7-6/h4H,6H2,1-3H3,(H,7,9)/t4-/m1/s1. The van der Waals surface area contributed by atoms with Gasteiger partial charge in [0.15, 0.2) is 0 Å². The first-order valence-corrected chi connectivity index (χ1v) is 2.76. The van der Waals surface area contributed by atoms with Crippen LogP contribution in [0.3, 0.4) is 0 Å². The zero-order valence-corrected chi connectivity index (χ0v) is 6.01. The molecule has 0 heterocycles. The van der Waals surface area contributed by atoms with E-state index in [4.69, 9.17) is 5.84 Å². The molecule has 0 aliphatic heterocycles. The second-order valence-electron chi connectivity index (χ2n) is 2.15. The highest BCUT2D eigenvalue weighted by Crippen LogP contribution is 1.88. The molecule has 0 saturated carbocycles. The Bertz CT molecular complexity index is 102. The van der Waals surface area contributed by atoms with Crippen molar-refractivity contribution in [2.24, 2.45) is 5.84 Å². The minimum Gasteiger partial charge on any atom is -0.298 e. The van der Waals surface area contributed by atoms with E-state index in [0.717, 1.165) is 0 Å². The molecule has 0 saturated heterocycles. The Morgan fingerprint density at radius 1 is 1.67 bits per heavy atom. The lowest BCUT2D eigenvalue weighted by Gasteiger charge is -2.16. The zero-order valence-electron chi connectivity index (χ0n) is 6.01. The lowest BCUT2D eigenvalue weighted by Crippen LogP contribution is -2.44. The van der Waals surface area contributed by atoms with E-state index < -0.39 is 0 Å². The number of hydrogen-bond donors (Lipinski definition) is 2. The van der Waals surface area contributed by atoms with E-state index in [-0.39, 0.29) is 11.9 Å². The minimum atomic E-state index is -0.167. The maximum absolute atomic E-state index is 10.7. The predicted molar refractivity (Wildman–Crippen MR) is 35.5 cm³/mol. The normalized spacial score (nSPS) is 13.4. The summed E-state index contributed by atoms with van der Waals surface area (Å²) in [7, 11) is 3.64. The van der Waals surface area contributed by atoms with E-state index in [1.54, 1.807) is 11.8 Å². The zero-order chi connectivity index (χ0) is 7.44. The maximum Gasteiger partial charge on any atom is 0.250 e. The maximum atomic E-state index is 10.7. The van der Waals surface area contributed by atoms with Crippen LogP contribution in [-0.2, 0) is 4.79 Å². The number of amides is 1. The Labute approximate surface area is 55.0 Å². The fraction of sp³-hybridized carbons (Fsp3) is 0.800. The van der Waals surface area contributed by atoms with Crippen LogP contribution in [0.25, 0.3) is 0 Å². The molecule has 4 nitrogen and oxygen atoms in total. The number of carbonyl (C=O) groups excluding carboxylic acids is 1. The van der Waals surface area contributed by atoms with Gasteiger partial charge in [-0.3, -0.25) is 15.1 Å². The summed E-state index contributed by atoms with van der Waals surface area (Å²) in [5.74, 6) is 4.72. The number of nitrogens with one attached hydrogen (secondary N) is 1. The van der Waals surface area contributed by atoms with Gasteiger partial charge in [-0.1, -0.05) is 0 Å². The monoisotopic (exact) mass is 131 g/mol. The Morgan fingerprint density at radius 3 is 2.22 bits per heavy atom. The van der Waals surface area contributed by atoms with Gasteiger partial charge < -0.3 is 0 Å². The van der Waals surface area contributed by atoms with Crippen LogP contribution in [-0.4, -0.2) is 30.9 Å². The molecule has 0 fully saturated rings. The summed E-state index contributed by atoms with van der Waals surface area (Å²) in [5, 5.41) is 0. The predicted octanol–water partition coefficient (Wildman–Crippen LogP) is -1.07. The van der Waals surface area contributed by atoms with E-state index in [0.29, 0.717) is 0 Å². The first-order valence-electron chi connectivity index (χ1n) is 2.76. The molecule has 54 valence electrons. The molecular weight excluding hydrogens is 118 g/mol. The molecule has 3 N–H and O–H groups in total. The van der Waals surface area contributed by atoms with Gasteiger partial charge in [0, 0.05) is 0 Å². The van der Waals surface area contributed by atoms with Crippen molar-refractivity contribution < 1.29 is 4.79 Å². The van der Waals surface area contributed by atoms with Crippen molar-refractivity contribution in [3.05, 3.63) is 0 Å². The second-order valence-corrected chi connectivity index (χ2v) is 2.15. The Morgan fingerprint density at radius 2 is 2.11 bits per heavy atom. The molecule has 4 heteroatoms. The van der Waals surface area contributed by atoms with Crippen LogP contribution >= 0.6 is 0 Å². The van der Waals surface area contributed by atoms with Gasteiger partial charge in [-0.25, -0.2) is 5.84 Å². The fourth-order valence-corrected chi connectivity index (χ4v) is 0.355. The average molecular weight is 131 g/mol. The third-order valence-electron chi connectivity index (χ3n) is 1.30. The molecule has 0 aromatic heterocycles. The molecule has 9 heavy (non-hydrogen) atoms. The van der Waals surface area contributed by atoms with E-state index in [9.17, 15) is 4.79 Å². The first kappa shape index (κ1) is 8.39. The van der Waals surface area contributed by atoms with Crippen LogP contribution < -0.4 is 11.3 Å². The lowest BCUT2D eigenvalue weighted by atomic mass is 10.3. The largest absolute Gasteiger partial charge is 0.298 e. The van der Waals surface area contributed by atoms with Gasteiger partial charge in [-0.15, -0.1) is 0 Å². The SMILES string of the molecule is C[C@H](C(=O)NN)N(C)C. The molecule has 0 radical (unpaired) electrons. The van der Waals surface area contributed by atoms with Gasteiger partial charge in [0.05, 0.1) is 6.04 Å². The molecule has 0 unspecified atom stereocenters. The van der Waals surface area contributed by atoms with Crippen LogP contribution in [0.4, 0.5) is 0 Å². The van der Waals surface area contributed by atoms with Gasteiger partial charge in [0.25, 0.3) is 5.91 Å². The van der Waals surface area contributed by atoms with Crippen molar-refractivity contribution in [3.63, 3.8) is 0 Å². The lowest BCUT2D eigenvalue weighted by molar-refractivity contribution is -0.125. The van der Waals surface area contributed by atoms with Crippen LogP contribution in [0.5, 0.6) is 0 Å². The van der Waals surface area contributed by atoms with Gasteiger partial charge >= 0.3 is 0 Å². The fourth-order valence-electron chi connectivity index (χ4n) is 0.355. The van der Waals surface area contributed by atoms with Gasteiger partial charge in [-0.2, -0.15) is 0 Å². The van der Waals surface area contributed by atoms with Crippen molar-refractivity contribution >= 4 is 5.91 Å². The number of likely N-dealkylation sites (N-methyl/N-ethyl adjacent to an activating group) is 1. The van der Waals surface area contributed by atoms with Crippen LogP contribution in [0.15, 0.2) is 0 Å². The van der Waals surface area contributed by atoms with Crippen LogP contribution in [0.2, 0.25) is 0 Å². The Balaban J connectivity index is 3.72. The van der Waals surface area contributed by atoms with Crippen molar-refractivity contribution in [1.82, 2.24) is 10.3 Å². The third-order valence-corrected chi connectivity index (χ3v) is 1.30. The van der Waals surface area contributed by atoms with Crippen LogP contribution in [0.1, 0.15) is 6.92 Å². The number of nitrogens with zero attached hydrogens (tertiary/aromatic N) is 1. The summed E-state index contributed by atoms with van der Waals surface area (Å²) in [5.41, 5.74) is 2.07. The number of nitrogens with two attached hydrogens (primary N) is 1. The molecule has 0 spiro atoms. The quantitative estimate of drug-likeness (QED) is 0.285. The number of carbonyl (C=O) groups is 1. The summed E-state index contributed by atoms with van der Waals surface area (Å²) in [6.45, 7) is 1.78. The molecule has 1 amide bonds. The van der Waals surface area contributed by atoms with E-state index in [1.165, 1.54) is 0 Å². The average Bonchev–Trinajstić information content (AvgIpc) is 1.84. The highest BCUT2D eigenvalue weighted by Gasteiger charge is 2.11. The second kappa shape index (κ2) is 3.42. The van der Waals surface area contributed by atoms with Crippen molar-refractivity contribution in [2.75, 3.05) is 14.1 Å². The molecule has 0 aliphatic carbocycles. The molecule has 1 atom stereocenters. The van der Waals surface area contributed by atoms with Crippen molar-refractivity contribution in [3.8, 4) is 0 Å². The molecule has 0 aromatic rings. The van der Waals surface area contributed by atoms with Crippen LogP contribution in [0, 0.1) is 0 Å². The third kappa shape index (κ3) is 2.43. The van der Waals surface area contributed by atoms with Gasteiger partial charge in [-0.05, 0) is 21.0 Å². The van der Waals surface area contributed by atoms with Crippen molar-refractivity contribution in [1.29, 1.82) is 0 Å². The molecule has 0 rings (SSSR count). The number of rotatable bonds is 2. The highest BCUT2D eigenvalue weighted by atomic mass is 16.2.